The number of carbonyl (C=O) groups excluding carboxylic acids is 2. The third kappa shape index (κ3) is 5.74. The molecule has 7 heteroatoms. The molecule has 204 valence electrons. The van der Waals surface area contributed by atoms with Crippen LogP contribution < -0.4 is 5.32 Å². The molecule has 4 aromatic rings. The molecule has 0 radical (unpaired) electrons. The lowest BCUT2D eigenvalue weighted by molar-refractivity contribution is -0.136. The summed E-state index contributed by atoms with van der Waals surface area (Å²) in [5, 5.41) is 23.3. The number of hydrogen-bond donors (Lipinski definition) is 2. The molecule has 1 saturated heterocycles. The largest absolute Gasteiger partial charge is 0.345 e. The molecule has 1 amide bonds. The van der Waals surface area contributed by atoms with Gasteiger partial charge >= 0.3 is 0 Å². The minimum atomic E-state index is -0.958. The van der Waals surface area contributed by atoms with E-state index >= 15 is 0 Å². The van der Waals surface area contributed by atoms with Crippen LogP contribution in [-0.2, 0) is 15.1 Å². The summed E-state index contributed by atoms with van der Waals surface area (Å²) in [7, 11) is 1.59. The third-order valence-corrected chi connectivity index (χ3v) is 8.85. The number of nitriles is 1. The van der Waals surface area contributed by atoms with Gasteiger partial charge in [-0.25, -0.2) is 0 Å². The second-order valence-electron chi connectivity index (χ2n) is 10.4. The van der Waals surface area contributed by atoms with Gasteiger partial charge in [-0.1, -0.05) is 78.9 Å². The molecule has 41 heavy (non-hydrogen) atoms. The van der Waals surface area contributed by atoms with Gasteiger partial charge in [-0.15, -0.1) is 11.3 Å². The molecule has 0 aliphatic carbocycles. The third-order valence-electron chi connectivity index (χ3n) is 7.68. The van der Waals surface area contributed by atoms with E-state index in [1.54, 1.807) is 25.3 Å². The first kappa shape index (κ1) is 27.8. The Labute approximate surface area is 244 Å². The van der Waals surface area contributed by atoms with E-state index in [-0.39, 0.29) is 24.1 Å². The van der Waals surface area contributed by atoms with Crippen molar-refractivity contribution < 1.29 is 9.59 Å². The summed E-state index contributed by atoms with van der Waals surface area (Å²) in [6.07, 6.45) is 3.51. The van der Waals surface area contributed by atoms with E-state index in [1.165, 1.54) is 16.2 Å². The molecular formula is C34H30N4O2S. The fourth-order valence-corrected chi connectivity index (χ4v) is 6.53. The second-order valence-corrected chi connectivity index (χ2v) is 11.3. The highest BCUT2D eigenvalue weighted by Crippen LogP contribution is 2.46. The van der Waals surface area contributed by atoms with Crippen LogP contribution in [0.3, 0.4) is 0 Å². The molecule has 1 unspecified atom stereocenters. The van der Waals surface area contributed by atoms with Gasteiger partial charge < -0.3 is 5.32 Å². The van der Waals surface area contributed by atoms with Crippen LogP contribution in [0.1, 0.15) is 40.8 Å². The minimum absolute atomic E-state index is 0.0114. The number of benzene rings is 3. The van der Waals surface area contributed by atoms with Crippen LogP contribution in [0.5, 0.6) is 0 Å². The number of guanidine groups is 1. The lowest BCUT2D eigenvalue weighted by Gasteiger charge is -2.47. The number of ketones is 1. The van der Waals surface area contributed by atoms with E-state index in [2.05, 4.69) is 11.4 Å². The fourth-order valence-electron chi connectivity index (χ4n) is 5.46. The predicted molar refractivity (Wildman–Crippen MR) is 163 cm³/mol. The van der Waals surface area contributed by atoms with E-state index in [0.29, 0.717) is 5.56 Å². The summed E-state index contributed by atoms with van der Waals surface area (Å²) in [4.78, 5) is 29.6. The molecule has 3 atom stereocenters. The molecule has 5 rings (SSSR count). The van der Waals surface area contributed by atoms with E-state index in [4.69, 9.17) is 5.41 Å². The van der Waals surface area contributed by atoms with Gasteiger partial charge in [0.05, 0.1) is 23.1 Å². The van der Waals surface area contributed by atoms with E-state index < -0.39 is 17.4 Å². The van der Waals surface area contributed by atoms with Gasteiger partial charge in [0.15, 0.2) is 11.7 Å². The lowest BCUT2D eigenvalue weighted by atomic mass is 9.69. The quantitative estimate of drug-likeness (QED) is 0.239. The van der Waals surface area contributed by atoms with Crippen LogP contribution in [-0.4, -0.2) is 29.6 Å². The summed E-state index contributed by atoms with van der Waals surface area (Å²) < 4.78 is 0. The average Bonchev–Trinajstić information content (AvgIpc) is 3.51. The standard InChI is InChI=1S/C34H30N4O2S/c1-34(30-19-27(22-41-30)26-15-9-12-24(18-26)21-35)31(32(40)38(2)33(36)37-34)29(25-13-7-4-8-14-25)20-28(39)17-16-23-10-5-3-6-11-23/h3-19,22,29,31H,20H2,1-2H3,(H2,36,37)/b17-16+/t29?,31-,34-/m1/s1. The van der Waals surface area contributed by atoms with Gasteiger partial charge in [0.25, 0.3) is 0 Å². The number of hydrogen-bond acceptors (Lipinski definition) is 5. The predicted octanol–water partition coefficient (Wildman–Crippen LogP) is 6.57. The Morgan fingerprint density at radius 3 is 2.49 bits per heavy atom. The highest BCUT2D eigenvalue weighted by Gasteiger charge is 2.52. The summed E-state index contributed by atoms with van der Waals surface area (Å²) >= 11 is 1.50. The Balaban J connectivity index is 1.56. The van der Waals surface area contributed by atoms with Gasteiger partial charge in [-0.05, 0) is 58.8 Å². The van der Waals surface area contributed by atoms with Crippen molar-refractivity contribution in [3.8, 4) is 17.2 Å². The lowest BCUT2D eigenvalue weighted by Crippen LogP contribution is -2.64. The van der Waals surface area contributed by atoms with Crippen molar-refractivity contribution in [2.75, 3.05) is 7.05 Å². The molecule has 0 saturated carbocycles. The smallest absolute Gasteiger partial charge is 0.235 e. The molecular weight excluding hydrogens is 528 g/mol. The zero-order chi connectivity index (χ0) is 29.0. The Morgan fingerprint density at radius 1 is 1.07 bits per heavy atom. The normalized spacial score (nSPS) is 19.5. The van der Waals surface area contributed by atoms with Gasteiger partial charge in [0.2, 0.25) is 5.91 Å². The SMILES string of the molecule is CN1C(=N)N[C@](C)(c2cc(-c3cccc(C#N)c3)cs2)[C@H](C(CC(=O)/C=C/c2ccccc2)c2ccccc2)C1=O. The highest BCUT2D eigenvalue weighted by molar-refractivity contribution is 7.10. The average molecular weight is 559 g/mol. The van der Waals surface area contributed by atoms with Crippen molar-refractivity contribution >= 4 is 35.1 Å². The van der Waals surface area contributed by atoms with Crippen LogP contribution in [0.2, 0.25) is 0 Å². The molecule has 1 aliphatic rings. The Bertz CT molecular complexity index is 1650. The van der Waals surface area contributed by atoms with Gasteiger partial charge in [-0.2, -0.15) is 5.26 Å². The van der Waals surface area contributed by atoms with Crippen LogP contribution in [0, 0.1) is 22.7 Å². The summed E-state index contributed by atoms with van der Waals surface area (Å²) in [6, 6.07) is 30.9. The van der Waals surface area contributed by atoms with Crippen molar-refractivity contribution in [2.24, 2.45) is 5.92 Å². The molecule has 1 aliphatic heterocycles. The number of rotatable bonds is 8. The first-order chi connectivity index (χ1) is 19.8. The monoisotopic (exact) mass is 558 g/mol. The Morgan fingerprint density at radius 2 is 1.78 bits per heavy atom. The number of amides is 1. The molecule has 0 spiro atoms. The van der Waals surface area contributed by atoms with Crippen molar-refractivity contribution in [2.45, 2.75) is 24.8 Å². The zero-order valence-corrected chi connectivity index (χ0v) is 23.7. The highest BCUT2D eigenvalue weighted by atomic mass is 32.1. The van der Waals surface area contributed by atoms with Crippen molar-refractivity contribution in [3.63, 3.8) is 0 Å². The molecule has 0 bridgehead atoms. The second kappa shape index (κ2) is 11.7. The molecule has 2 heterocycles. The maximum Gasteiger partial charge on any atom is 0.235 e. The molecule has 1 aromatic heterocycles. The number of nitrogens with one attached hydrogen (secondary N) is 2. The van der Waals surface area contributed by atoms with Crippen molar-refractivity contribution in [3.05, 3.63) is 124 Å². The number of allylic oxidation sites excluding steroid dienone is 1. The number of thiophene rings is 1. The zero-order valence-electron chi connectivity index (χ0n) is 22.9. The number of carbonyl (C=O) groups is 2. The number of nitrogens with zero attached hydrogens (tertiary/aromatic N) is 2. The van der Waals surface area contributed by atoms with Gasteiger partial charge in [0, 0.05) is 24.3 Å². The topological polar surface area (TPSA) is 97.1 Å². The summed E-state index contributed by atoms with van der Waals surface area (Å²) in [6.45, 7) is 1.94. The van der Waals surface area contributed by atoms with Gasteiger partial charge in [-0.3, -0.25) is 19.9 Å². The maximum atomic E-state index is 14.0. The fraction of sp³-hybridized carbons (Fsp3) is 0.176. The summed E-state index contributed by atoms with van der Waals surface area (Å²) in [5.74, 6) is -1.41. The Hall–Kier alpha value is -4.80. The van der Waals surface area contributed by atoms with E-state index in [9.17, 15) is 14.9 Å². The molecule has 3 aromatic carbocycles. The van der Waals surface area contributed by atoms with E-state index in [0.717, 1.165) is 27.1 Å². The van der Waals surface area contributed by atoms with Crippen LogP contribution in [0.4, 0.5) is 0 Å². The molecule has 6 nitrogen and oxygen atoms in total. The Kier molecular flexibility index (Phi) is 7.95. The van der Waals surface area contributed by atoms with E-state index in [1.807, 2.05) is 97.2 Å². The molecule has 1 fully saturated rings. The first-order valence-corrected chi connectivity index (χ1v) is 14.2. The minimum Gasteiger partial charge on any atom is -0.345 e. The van der Waals surface area contributed by atoms with Crippen molar-refractivity contribution in [1.29, 1.82) is 10.7 Å². The summed E-state index contributed by atoms with van der Waals surface area (Å²) in [5.41, 5.74) is 3.26. The van der Waals surface area contributed by atoms with Crippen LogP contribution in [0.25, 0.3) is 17.2 Å². The first-order valence-electron chi connectivity index (χ1n) is 13.3. The molecule has 2 N–H and O–H groups in total. The van der Waals surface area contributed by atoms with Crippen LogP contribution in [0.15, 0.2) is 102 Å². The van der Waals surface area contributed by atoms with Crippen molar-refractivity contribution in [1.82, 2.24) is 10.2 Å². The van der Waals surface area contributed by atoms with Gasteiger partial charge in [0.1, 0.15) is 0 Å². The maximum absolute atomic E-state index is 14.0. The van der Waals surface area contributed by atoms with Crippen LogP contribution >= 0.6 is 11.3 Å².